The summed E-state index contributed by atoms with van der Waals surface area (Å²) in [5.41, 5.74) is 2.23. The normalized spacial score (nSPS) is 12.0. The molecule has 0 saturated heterocycles. The number of rotatable bonds is 6. The van der Waals surface area contributed by atoms with Crippen LogP contribution >= 0.6 is 0 Å². The van der Waals surface area contributed by atoms with E-state index >= 15 is 0 Å². The first-order valence-electron chi connectivity index (χ1n) is 8.29. The van der Waals surface area contributed by atoms with E-state index in [0.717, 1.165) is 42.7 Å². The molecule has 0 aliphatic rings. The largest absolute Gasteiger partial charge is 0.507 e. The zero-order valence-electron chi connectivity index (χ0n) is 14.2. The van der Waals surface area contributed by atoms with Gasteiger partial charge in [0.2, 0.25) is 0 Å². The molecule has 0 aromatic heterocycles. The Kier molecular flexibility index (Phi) is 5.17. The van der Waals surface area contributed by atoms with Crippen LogP contribution in [0.1, 0.15) is 30.9 Å². The van der Waals surface area contributed by atoms with Crippen LogP contribution in [0.3, 0.4) is 0 Å². The van der Waals surface area contributed by atoms with Crippen molar-refractivity contribution in [3.05, 3.63) is 35.4 Å². The number of unbranched alkanes of at least 4 members (excludes halogenated alkanes) is 1. The molecular weight excluding hydrogens is 288 g/mol. The van der Waals surface area contributed by atoms with Crippen LogP contribution in [0.25, 0.3) is 10.8 Å². The van der Waals surface area contributed by atoms with E-state index in [4.69, 9.17) is 0 Å². The molecule has 22 heavy (non-hydrogen) atoms. The molecule has 0 amide bonds. The van der Waals surface area contributed by atoms with Gasteiger partial charge in [0.05, 0.1) is 5.39 Å². The maximum absolute atomic E-state index is 10.6. The smallest absolute Gasteiger partial charge is 0.130 e. The Labute approximate surface area is 134 Å². The highest BCUT2D eigenvalue weighted by atomic mass is 28.3. The quantitative estimate of drug-likeness (QED) is 0.693. The second kappa shape index (κ2) is 6.74. The summed E-state index contributed by atoms with van der Waals surface area (Å²) in [7, 11) is -1.16. The van der Waals surface area contributed by atoms with E-state index in [1.165, 1.54) is 5.56 Å². The van der Waals surface area contributed by atoms with Crippen LogP contribution in [0.5, 0.6) is 11.5 Å². The molecule has 0 unspecified atom stereocenters. The lowest BCUT2D eigenvalue weighted by Crippen LogP contribution is -2.20. The number of hydrogen-bond donors (Lipinski definition) is 2. The van der Waals surface area contributed by atoms with Gasteiger partial charge >= 0.3 is 0 Å². The number of fused-ring (bicyclic) bond motifs is 1. The highest BCUT2D eigenvalue weighted by Gasteiger charge is 2.18. The number of aromatic hydroxyl groups is 2. The van der Waals surface area contributed by atoms with Crippen LogP contribution < -0.4 is 0 Å². The molecule has 3 heteroatoms. The fraction of sp³-hybridized carbons (Fsp3) is 0.474. The topological polar surface area (TPSA) is 40.5 Å². The summed E-state index contributed by atoms with van der Waals surface area (Å²) in [5.74, 6) is 0.453. The number of phenols is 2. The average Bonchev–Trinajstić information content (AvgIpc) is 2.44. The van der Waals surface area contributed by atoms with E-state index in [-0.39, 0.29) is 11.5 Å². The first kappa shape index (κ1) is 16.9. The van der Waals surface area contributed by atoms with Crippen LogP contribution in [-0.4, -0.2) is 18.3 Å². The molecule has 120 valence electrons. The molecule has 2 nitrogen and oxygen atoms in total. The van der Waals surface area contributed by atoms with E-state index in [0.29, 0.717) is 5.39 Å². The first-order valence-corrected chi connectivity index (χ1v) is 12.0. The Hall–Kier alpha value is -1.48. The summed E-state index contributed by atoms with van der Waals surface area (Å²) >= 11 is 0. The van der Waals surface area contributed by atoms with Crippen molar-refractivity contribution < 1.29 is 10.2 Å². The average molecular weight is 317 g/mol. The van der Waals surface area contributed by atoms with Crippen molar-refractivity contribution in [3.63, 3.8) is 0 Å². The molecule has 0 heterocycles. The van der Waals surface area contributed by atoms with Gasteiger partial charge in [-0.1, -0.05) is 57.2 Å². The van der Waals surface area contributed by atoms with E-state index in [2.05, 4.69) is 32.6 Å². The van der Waals surface area contributed by atoms with Crippen LogP contribution in [0.2, 0.25) is 25.7 Å². The Morgan fingerprint density at radius 3 is 2.36 bits per heavy atom. The fourth-order valence-corrected chi connectivity index (χ4v) is 3.87. The second-order valence-corrected chi connectivity index (χ2v) is 13.0. The molecular formula is C19H28O2Si. The van der Waals surface area contributed by atoms with Crippen molar-refractivity contribution in [1.82, 2.24) is 0 Å². The van der Waals surface area contributed by atoms with Gasteiger partial charge in [0, 0.05) is 8.07 Å². The molecule has 2 rings (SSSR count). The van der Waals surface area contributed by atoms with Crippen molar-refractivity contribution in [2.45, 2.75) is 58.3 Å². The minimum absolute atomic E-state index is 0.183. The highest BCUT2D eigenvalue weighted by Crippen LogP contribution is 2.39. The maximum Gasteiger partial charge on any atom is 0.130 e. The van der Waals surface area contributed by atoms with Crippen molar-refractivity contribution in [2.24, 2.45) is 0 Å². The fourth-order valence-electron chi connectivity index (χ4n) is 2.85. The monoisotopic (exact) mass is 316 g/mol. The van der Waals surface area contributed by atoms with Crippen molar-refractivity contribution in [2.75, 3.05) is 0 Å². The lowest BCUT2D eigenvalue weighted by molar-refractivity contribution is 0.460. The summed E-state index contributed by atoms with van der Waals surface area (Å²) in [6, 6.07) is 8.82. The van der Waals surface area contributed by atoms with Gasteiger partial charge < -0.3 is 10.2 Å². The van der Waals surface area contributed by atoms with Gasteiger partial charge in [-0.25, -0.2) is 0 Å². The lowest BCUT2D eigenvalue weighted by atomic mass is 9.94. The first-order chi connectivity index (χ1) is 10.3. The van der Waals surface area contributed by atoms with E-state index < -0.39 is 8.07 Å². The molecule has 0 atom stereocenters. The third-order valence-electron chi connectivity index (χ3n) is 4.22. The van der Waals surface area contributed by atoms with Gasteiger partial charge in [-0.15, -0.1) is 0 Å². The van der Waals surface area contributed by atoms with Crippen LogP contribution in [0.15, 0.2) is 24.3 Å². The number of phenolic OH excluding ortho intramolecular Hbond substituents is 2. The van der Waals surface area contributed by atoms with Crippen molar-refractivity contribution in [1.29, 1.82) is 0 Å². The maximum atomic E-state index is 10.6. The molecule has 0 aliphatic heterocycles. The van der Waals surface area contributed by atoms with Gasteiger partial charge in [-0.05, 0) is 41.8 Å². The second-order valence-electron chi connectivity index (χ2n) is 7.41. The third kappa shape index (κ3) is 3.83. The predicted octanol–water partition coefficient (Wildman–Crippen LogP) is 5.47. The van der Waals surface area contributed by atoms with E-state index in [1.807, 2.05) is 12.1 Å². The van der Waals surface area contributed by atoms with Crippen molar-refractivity contribution >= 4 is 18.8 Å². The zero-order chi connectivity index (χ0) is 16.3. The number of benzene rings is 2. The summed E-state index contributed by atoms with van der Waals surface area (Å²) in [6.45, 7) is 9.23. The molecule has 2 N–H and O–H groups in total. The minimum atomic E-state index is -1.16. The Bertz CT molecular complexity index is 657. The number of hydrogen-bond acceptors (Lipinski definition) is 2. The molecule has 0 saturated carbocycles. The molecule has 2 aromatic carbocycles. The van der Waals surface area contributed by atoms with E-state index in [1.54, 1.807) is 6.07 Å². The van der Waals surface area contributed by atoms with Crippen LogP contribution in [-0.2, 0) is 12.8 Å². The summed E-state index contributed by atoms with van der Waals surface area (Å²) in [5, 5.41) is 22.5. The minimum Gasteiger partial charge on any atom is -0.507 e. The van der Waals surface area contributed by atoms with E-state index in [9.17, 15) is 10.2 Å². The van der Waals surface area contributed by atoms with Gasteiger partial charge in [-0.3, -0.25) is 0 Å². The van der Waals surface area contributed by atoms with Crippen LogP contribution in [0.4, 0.5) is 0 Å². The van der Waals surface area contributed by atoms with Gasteiger partial charge in [0.25, 0.3) is 0 Å². The van der Waals surface area contributed by atoms with Gasteiger partial charge in [0.15, 0.2) is 0 Å². The standard InChI is InChI=1S/C19H28O2Si/c1-5-6-8-14-13-15(11-12-22(2,3)4)19(21)18-16(14)9-7-10-17(18)20/h7,9-10,13,20-21H,5-6,8,11-12H2,1-4H3. The molecule has 0 fully saturated rings. The lowest BCUT2D eigenvalue weighted by Gasteiger charge is -2.18. The van der Waals surface area contributed by atoms with Gasteiger partial charge in [0.1, 0.15) is 11.5 Å². The Balaban J connectivity index is 2.52. The summed E-state index contributed by atoms with van der Waals surface area (Å²) in [6.07, 6.45) is 4.16. The Morgan fingerprint density at radius 2 is 1.73 bits per heavy atom. The molecule has 0 bridgehead atoms. The SMILES string of the molecule is CCCCc1cc(CC[Si](C)(C)C)c(O)c2c(O)cccc12. The molecule has 0 spiro atoms. The van der Waals surface area contributed by atoms with Crippen LogP contribution in [0, 0.1) is 0 Å². The van der Waals surface area contributed by atoms with Gasteiger partial charge in [-0.2, -0.15) is 0 Å². The predicted molar refractivity (Wildman–Crippen MR) is 97.7 cm³/mol. The van der Waals surface area contributed by atoms with Crippen molar-refractivity contribution in [3.8, 4) is 11.5 Å². The highest BCUT2D eigenvalue weighted by molar-refractivity contribution is 6.76. The summed E-state index contributed by atoms with van der Waals surface area (Å²) < 4.78 is 0. The molecule has 0 aliphatic carbocycles. The molecule has 2 aromatic rings. The Morgan fingerprint density at radius 1 is 1.00 bits per heavy atom. The zero-order valence-corrected chi connectivity index (χ0v) is 15.2. The number of aryl methyl sites for hydroxylation is 2. The molecule has 0 radical (unpaired) electrons. The third-order valence-corrected chi connectivity index (χ3v) is 5.97. The summed E-state index contributed by atoms with van der Waals surface area (Å²) in [4.78, 5) is 0.